The Morgan fingerprint density at radius 1 is 1.07 bits per heavy atom. The first kappa shape index (κ1) is 9.22. The molecule has 0 aliphatic heterocycles. The second kappa shape index (κ2) is 3.81. The second-order valence-corrected chi connectivity index (χ2v) is 3.40. The Labute approximate surface area is 88.4 Å². The van der Waals surface area contributed by atoms with E-state index in [1.54, 1.807) is 6.20 Å². The molecule has 1 aromatic carbocycles. The molecule has 14 heavy (non-hydrogen) atoms. The lowest BCUT2D eigenvalue weighted by Crippen LogP contribution is -1.86. The number of hydrogen-bond acceptors (Lipinski definition) is 1. The zero-order valence-electron chi connectivity index (χ0n) is 7.57. The number of hydrogen-bond donors (Lipinski definition) is 0. The molecule has 1 radical (unpaired) electrons. The SMILES string of the molecule is [CH2]c1ccccc1-c1ncccc1Cl. The average Bonchev–Trinajstić information content (AvgIpc) is 2.20. The number of pyridine rings is 1. The fourth-order valence-corrected chi connectivity index (χ4v) is 1.56. The van der Waals surface area contributed by atoms with Crippen LogP contribution in [0.2, 0.25) is 5.02 Å². The summed E-state index contributed by atoms with van der Waals surface area (Å²) in [4.78, 5) is 4.24. The van der Waals surface area contributed by atoms with Gasteiger partial charge in [0.05, 0.1) is 10.7 Å². The van der Waals surface area contributed by atoms with Crippen molar-refractivity contribution in [3.63, 3.8) is 0 Å². The molecule has 69 valence electrons. The van der Waals surface area contributed by atoms with Gasteiger partial charge in [0.25, 0.3) is 0 Å². The molecule has 0 aliphatic carbocycles. The van der Waals surface area contributed by atoms with Crippen LogP contribution in [0.15, 0.2) is 42.6 Å². The number of rotatable bonds is 1. The molecule has 1 heterocycles. The molecule has 2 aromatic rings. The minimum atomic E-state index is 0.656. The van der Waals surface area contributed by atoms with E-state index in [1.165, 1.54) is 0 Å². The summed E-state index contributed by atoms with van der Waals surface area (Å²) in [5, 5.41) is 0.656. The Bertz CT molecular complexity index is 408. The monoisotopic (exact) mass is 202 g/mol. The van der Waals surface area contributed by atoms with Crippen molar-refractivity contribution in [2.24, 2.45) is 0 Å². The quantitative estimate of drug-likeness (QED) is 0.689. The van der Waals surface area contributed by atoms with Gasteiger partial charge in [0.15, 0.2) is 0 Å². The lowest BCUT2D eigenvalue weighted by atomic mass is 10.1. The molecule has 2 rings (SSSR count). The summed E-state index contributed by atoms with van der Waals surface area (Å²) in [7, 11) is 0. The molecule has 0 aliphatic rings. The molecule has 0 N–H and O–H groups in total. The Kier molecular flexibility index (Phi) is 2.51. The highest BCUT2D eigenvalue weighted by Gasteiger charge is 2.05. The van der Waals surface area contributed by atoms with Crippen LogP contribution < -0.4 is 0 Å². The minimum Gasteiger partial charge on any atom is -0.255 e. The van der Waals surface area contributed by atoms with Crippen molar-refractivity contribution in [2.75, 3.05) is 0 Å². The van der Waals surface area contributed by atoms with Gasteiger partial charge in [0.1, 0.15) is 0 Å². The average molecular weight is 203 g/mol. The van der Waals surface area contributed by atoms with Gasteiger partial charge in [0.2, 0.25) is 0 Å². The van der Waals surface area contributed by atoms with Crippen molar-refractivity contribution < 1.29 is 0 Å². The maximum Gasteiger partial charge on any atom is 0.0890 e. The van der Waals surface area contributed by atoms with E-state index in [0.29, 0.717) is 5.02 Å². The largest absolute Gasteiger partial charge is 0.255 e. The van der Waals surface area contributed by atoms with Crippen molar-refractivity contribution in [3.8, 4) is 11.3 Å². The summed E-state index contributed by atoms with van der Waals surface area (Å²) in [6, 6.07) is 11.5. The van der Waals surface area contributed by atoms with Crippen molar-refractivity contribution in [1.82, 2.24) is 4.98 Å². The highest BCUT2D eigenvalue weighted by atomic mass is 35.5. The summed E-state index contributed by atoms with van der Waals surface area (Å²) in [6.45, 7) is 3.94. The van der Waals surface area contributed by atoms with Gasteiger partial charge in [-0.2, -0.15) is 0 Å². The topological polar surface area (TPSA) is 12.9 Å². The molecular formula is C12H9ClN. The zero-order valence-corrected chi connectivity index (χ0v) is 8.33. The second-order valence-electron chi connectivity index (χ2n) is 2.99. The van der Waals surface area contributed by atoms with Gasteiger partial charge in [-0.15, -0.1) is 0 Å². The highest BCUT2D eigenvalue weighted by Crippen LogP contribution is 2.27. The molecule has 1 aromatic heterocycles. The molecule has 2 heteroatoms. The fraction of sp³-hybridized carbons (Fsp3) is 0. The molecule has 0 spiro atoms. The first-order valence-electron chi connectivity index (χ1n) is 4.31. The van der Waals surface area contributed by atoms with Gasteiger partial charge in [-0.1, -0.05) is 35.9 Å². The standard InChI is InChI=1S/C12H9ClN/c1-9-5-2-3-6-10(9)12-11(13)7-4-8-14-12/h2-8H,1H2. The van der Waals surface area contributed by atoms with E-state index < -0.39 is 0 Å². The number of halogens is 1. The van der Waals surface area contributed by atoms with Crippen LogP contribution in [-0.2, 0) is 0 Å². The maximum absolute atomic E-state index is 6.04. The third kappa shape index (κ3) is 1.64. The molecule has 1 nitrogen and oxygen atoms in total. The van der Waals surface area contributed by atoms with E-state index in [4.69, 9.17) is 11.6 Å². The van der Waals surface area contributed by atoms with Crippen LogP contribution >= 0.6 is 11.6 Å². The Hall–Kier alpha value is -1.34. The number of aromatic nitrogens is 1. The van der Waals surface area contributed by atoms with Crippen LogP contribution in [0.1, 0.15) is 5.56 Å². The van der Waals surface area contributed by atoms with Gasteiger partial charge in [-0.05, 0) is 24.6 Å². The van der Waals surface area contributed by atoms with Crippen LogP contribution in [0.25, 0.3) is 11.3 Å². The van der Waals surface area contributed by atoms with Crippen molar-refractivity contribution in [1.29, 1.82) is 0 Å². The fourth-order valence-electron chi connectivity index (χ4n) is 1.34. The van der Waals surface area contributed by atoms with E-state index in [2.05, 4.69) is 11.9 Å². The molecule has 0 saturated carbocycles. The van der Waals surface area contributed by atoms with E-state index in [1.807, 2.05) is 36.4 Å². The van der Waals surface area contributed by atoms with Gasteiger partial charge in [0, 0.05) is 11.8 Å². The van der Waals surface area contributed by atoms with Crippen LogP contribution in [0.3, 0.4) is 0 Å². The van der Waals surface area contributed by atoms with Crippen LogP contribution in [0.5, 0.6) is 0 Å². The van der Waals surface area contributed by atoms with Gasteiger partial charge in [-0.25, -0.2) is 0 Å². The molecular weight excluding hydrogens is 194 g/mol. The van der Waals surface area contributed by atoms with Gasteiger partial charge < -0.3 is 0 Å². The molecule has 0 bridgehead atoms. The number of benzene rings is 1. The first-order chi connectivity index (χ1) is 6.79. The van der Waals surface area contributed by atoms with Crippen LogP contribution in [0, 0.1) is 6.92 Å². The van der Waals surface area contributed by atoms with Gasteiger partial charge in [-0.3, -0.25) is 4.98 Å². The Morgan fingerprint density at radius 3 is 2.57 bits per heavy atom. The molecule has 0 amide bonds. The maximum atomic E-state index is 6.04. The molecule has 0 fully saturated rings. The van der Waals surface area contributed by atoms with Crippen molar-refractivity contribution in [2.45, 2.75) is 0 Å². The summed E-state index contributed by atoms with van der Waals surface area (Å²) in [5.74, 6) is 0. The molecule has 0 atom stereocenters. The molecule has 0 unspecified atom stereocenters. The Balaban J connectivity index is 2.61. The van der Waals surface area contributed by atoms with Crippen molar-refractivity contribution >= 4 is 11.6 Å². The van der Waals surface area contributed by atoms with Crippen LogP contribution in [0.4, 0.5) is 0 Å². The number of nitrogens with zero attached hydrogens (tertiary/aromatic N) is 1. The lowest BCUT2D eigenvalue weighted by molar-refractivity contribution is 1.32. The van der Waals surface area contributed by atoms with E-state index in [0.717, 1.165) is 16.8 Å². The summed E-state index contributed by atoms with van der Waals surface area (Å²) in [6.07, 6.45) is 1.73. The van der Waals surface area contributed by atoms with Crippen LogP contribution in [-0.4, -0.2) is 4.98 Å². The Morgan fingerprint density at radius 2 is 1.86 bits per heavy atom. The lowest BCUT2D eigenvalue weighted by Gasteiger charge is -2.05. The normalized spacial score (nSPS) is 10.1. The third-order valence-electron chi connectivity index (χ3n) is 2.03. The van der Waals surface area contributed by atoms with E-state index in [-0.39, 0.29) is 0 Å². The highest BCUT2D eigenvalue weighted by molar-refractivity contribution is 6.33. The van der Waals surface area contributed by atoms with E-state index >= 15 is 0 Å². The summed E-state index contributed by atoms with van der Waals surface area (Å²) < 4.78 is 0. The molecule has 0 saturated heterocycles. The zero-order chi connectivity index (χ0) is 9.97. The smallest absolute Gasteiger partial charge is 0.0890 e. The van der Waals surface area contributed by atoms with Gasteiger partial charge >= 0.3 is 0 Å². The van der Waals surface area contributed by atoms with Crippen molar-refractivity contribution in [3.05, 3.63) is 60.1 Å². The predicted molar refractivity (Wildman–Crippen MR) is 59.1 cm³/mol. The predicted octanol–water partition coefficient (Wildman–Crippen LogP) is 3.58. The first-order valence-corrected chi connectivity index (χ1v) is 4.68. The summed E-state index contributed by atoms with van der Waals surface area (Å²) in [5.41, 5.74) is 2.71. The van der Waals surface area contributed by atoms with E-state index in [9.17, 15) is 0 Å². The summed E-state index contributed by atoms with van der Waals surface area (Å²) >= 11 is 6.04. The minimum absolute atomic E-state index is 0.656. The third-order valence-corrected chi connectivity index (χ3v) is 2.34.